The van der Waals surface area contributed by atoms with Crippen molar-refractivity contribution in [2.24, 2.45) is 0 Å². The van der Waals surface area contributed by atoms with Crippen LogP contribution in [0.4, 0.5) is 10.1 Å². The molecule has 0 spiro atoms. The number of nitrogens with zero attached hydrogens (tertiary/aromatic N) is 2. The molecular weight excluding hydrogens is 567 g/mol. The molecule has 2 saturated heterocycles. The average molecular weight is 595 g/mol. The predicted octanol–water partition coefficient (Wildman–Crippen LogP) is -2.95. The summed E-state index contributed by atoms with van der Waals surface area (Å²) in [4.78, 5) is 39.5. The van der Waals surface area contributed by atoms with E-state index in [1.807, 2.05) is 0 Å². The topological polar surface area (TPSA) is 253 Å². The highest BCUT2D eigenvalue weighted by Crippen LogP contribution is 2.45. The number of anilines is 1. The summed E-state index contributed by atoms with van der Waals surface area (Å²) < 4.78 is 20.8. The normalized spacial score (nSPS) is 23.6. The number of fused-ring (bicyclic) bond motifs is 1. The molecule has 2 aromatic carbocycles. The van der Waals surface area contributed by atoms with E-state index in [4.69, 9.17) is 4.74 Å². The van der Waals surface area contributed by atoms with Gasteiger partial charge in [-0.3, -0.25) is 29.5 Å². The van der Waals surface area contributed by atoms with Crippen molar-refractivity contribution in [2.45, 2.75) is 36.9 Å². The van der Waals surface area contributed by atoms with Crippen LogP contribution in [0.2, 0.25) is 0 Å². The molecule has 0 radical (unpaired) electrons. The molecule has 1 atom stereocenters. The van der Waals surface area contributed by atoms with Crippen LogP contribution in [0.3, 0.4) is 0 Å². The fourth-order valence-electron chi connectivity index (χ4n) is 5.17. The highest BCUT2D eigenvalue weighted by Gasteiger charge is 2.76. The van der Waals surface area contributed by atoms with Gasteiger partial charge in [0.05, 0.1) is 25.3 Å². The third kappa shape index (κ3) is 4.13. The van der Waals surface area contributed by atoms with Crippen molar-refractivity contribution >= 4 is 23.4 Å². The van der Waals surface area contributed by atoms with Crippen LogP contribution in [0.5, 0.6) is 17.2 Å². The summed E-state index contributed by atoms with van der Waals surface area (Å²) in [6.07, 6.45) is 0. The Morgan fingerprint density at radius 1 is 0.929 bits per heavy atom. The summed E-state index contributed by atoms with van der Waals surface area (Å²) >= 11 is 0. The van der Waals surface area contributed by atoms with Gasteiger partial charge in [-0.05, 0) is 12.1 Å². The number of halogens is 1. The lowest BCUT2D eigenvalue weighted by atomic mass is 9.86. The Kier molecular flexibility index (Phi) is 7.01. The molecule has 0 aromatic heterocycles. The van der Waals surface area contributed by atoms with Crippen molar-refractivity contribution < 1.29 is 64.4 Å². The molecule has 3 amide bonds. The van der Waals surface area contributed by atoms with Crippen LogP contribution in [0.1, 0.15) is 27.0 Å². The van der Waals surface area contributed by atoms with E-state index in [1.165, 1.54) is 23.5 Å². The minimum Gasteiger partial charge on any atom is -0.504 e. The molecule has 226 valence electrons. The second-order valence-electron chi connectivity index (χ2n) is 10.1. The van der Waals surface area contributed by atoms with Crippen molar-refractivity contribution in [2.75, 3.05) is 31.6 Å². The Labute approximate surface area is 235 Å². The number of aliphatic hydroxyl groups is 5. The van der Waals surface area contributed by atoms with E-state index in [0.717, 1.165) is 0 Å². The number of rotatable bonds is 6. The smallest absolute Gasteiger partial charge is 0.306 e. The number of ether oxygens (including phenoxy) is 1. The molecule has 0 saturated carbocycles. The van der Waals surface area contributed by atoms with Crippen LogP contribution in [0.25, 0.3) is 0 Å². The molecule has 3 heterocycles. The maximum Gasteiger partial charge on any atom is 0.306 e. The molecule has 16 nitrogen and oxygen atoms in total. The highest BCUT2D eigenvalue weighted by atomic mass is 19.1. The molecule has 0 aliphatic carbocycles. The SMILES string of the molecule is O=C1c2cccc(NCc3c(O)c(O)c(O)c(CN4CCOCC4)c3F)c2CN1C1(O)C(=O)NC(=O)C(O)(O)C1(O)O. The van der Waals surface area contributed by atoms with Gasteiger partial charge in [0.2, 0.25) is 5.75 Å². The molecule has 2 aromatic rings. The Morgan fingerprint density at radius 3 is 2.24 bits per heavy atom. The molecule has 17 heteroatoms. The number of carbonyl (C=O) groups excluding carboxylic acids is 3. The zero-order valence-corrected chi connectivity index (χ0v) is 21.7. The van der Waals surface area contributed by atoms with E-state index in [1.54, 1.807) is 4.90 Å². The number of nitrogens with one attached hydrogen (secondary N) is 2. The van der Waals surface area contributed by atoms with Gasteiger partial charge >= 0.3 is 5.79 Å². The number of hydrogen-bond donors (Lipinski definition) is 10. The van der Waals surface area contributed by atoms with Gasteiger partial charge in [-0.2, -0.15) is 0 Å². The Morgan fingerprint density at radius 2 is 1.57 bits per heavy atom. The molecule has 1 unspecified atom stereocenters. The Hall–Kier alpha value is -4.10. The molecular formula is C25H27FN4O12. The predicted molar refractivity (Wildman–Crippen MR) is 134 cm³/mol. The van der Waals surface area contributed by atoms with Crippen molar-refractivity contribution in [3.8, 4) is 17.2 Å². The fraction of sp³-hybridized carbons (Fsp3) is 0.400. The van der Waals surface area contributed by atoms with Crippen molar-refractivity contribution in [3.63, 3.8) is 0 Å². The monoisotopic (exact) mass is 594 g/mol. The summed E-state index contributed by atoms with van der Waals surface area (Å²) in [5.41, 5.74) is -4.58. The second kappa shape index (κ2) is 10.0. The number of hydrogen-bond acceptors (Lipinski definition) is 14. The van der Waals surface area contributed by atoms with Crippen LogP contribution < -0.4 is 10.6 Å². The van der Waals surface area contributed by atoms with Gasteiger partial charge in [0.15, 0.2) is 11.5 Å². The van der Waals surface area contributed by atoms with Gasteiger partial charge in [-0.25, -0.2) is 4.39 Å². The number of morpholine rings is 1. The number of aromatic hydroxyl groups is 3. The minimum absolute atomic E-state index is 0.0225. The van der Waals surface area contributed by atoms with E-state index in [9.17, 15) is 55.2 Å². The Bertz CT molecular complexity index is 1490. The van der Waals surface area contributed by atoms with Crippen molar-refractivity contribution in [1.82, 2.24) is 15.1 Å². The summed E-state index contributed by atoms with van der Waals surface area (Å²) in [6, 6.07) is 3.98. The first-order chi connectivity index (χ1) is 19.6. The molecule has 3 aliphatic heterocycles. The van der Waals surface area contributed by atoms with E-state index in [0.29, 0.717) is 26.3 Å². The van der Waals surface area contributed by atoms with Crippen LogP contribution in [0, 0.1) is 5.82 Å². The molecule has 10 N–H and O–H groups in total. The molecule has 0 bridgehead atoms. The summed E-state index contributed by atoms with van der Waals surface area (Å²) in [5, 5.41) is 86.8. The first-order valence-corrected chi connectivity index (χ1v) is 12.5. The van der Waals surface area contributed by atoms with Gasteiger partial charge in [0.1, 0.15) is 5.82 Å². The lowest BCUT2D eigenvalue weighted by molar-refractivity contribution is -0.407. The van der Waals surface area contributed by atoms with E-state index in [2.05, 4.69) is 5.32 Å². The number of phenolic OH excluding ortho intramolecular Hbond substituents is 3. The molecule has 5 rings (SSSR count). The van der Waals surface area contributed by atoms with Crippen LogP contribution in [-0.4, -0.2) is 112 Å². The lowest BCUT2D eigenvalue weighted by Crippen LogP contribution is -2.85. The maximum absolute atomic E-state index is 15.6. The van der Waals surface area contributed by atoms with Gasteiger partial charge in [-0.1, -0.05) is 6.07 Å². The highest BCUT2D eigenvalue weighted by molar-refractivity contribution is 6.10. The summed E-state index contributed by atoms with van der Waals surface area (Å²) in [5.74, 6) is -17.1. The number of benzene rings is 2. The molecule has 42 heavy (non-hydrogen) atoms. The summed E-state index contributed by atoms with van der Waals surface area (Å²) in [6.45, 7) is 0.282. The van der Waals surface area contributed by atoms with Gasteiger partial charge in [0.25, 0.3) is 29.2 Å². The lowest BCUT2D eigenvalue weighted by Gasteiger charge is -2.50. The van der Waals surface area contributed by atoms with Crippen LogP contribution in [-0.2, 0) is 34.0 Å². The Balaban J connectivity index is 1.45. The van der Waals surface area contributed by atoms with E-state index in [-0.39, 0.29) is 33.8 Å². The average Bonchev–Trinajstić information content (AvgIpc) is 3.30. The second-order valence-corrected chi connectivity index (χ2v) is 10.1. The zero-order chi connectivity index (χ0) is 30.8. The number of imide groups is 1. The first kappa shape index (κ1) is 29.4. The molecule has 2 fully saturated rings. The third-order valence-electron chi connectivity index (χ3n) is 7.68. The quantitative estimate of drug-likeness (QED) is 0.0912. The number of phenols is 3. The van der Waals surface area contributed by atoms with Crippen molar-refractivity contribution in [1.29, 1.82) is 0 Å². The largest absolute Gasteiger partial charge is 0.504 e. The van der Waals surface area contributed by atoms with Gasteiger partial charge < -0.3 is 50.9 Å². The van der Waals surface area contributed by atoms with E-state index < -0.39 is 76.7 Å². The third-order valence-corrected chi connectivity index (χ3v) is 7.68. The minimum atomic E-state index is -4.28. The van der Waals surface area contributed by atoms with Gasteiger partial charge in [-0.15, -0.1) is 0 Å². The molecule has 3 aliphatic rings. The number of carbonyl (C=O) groups is 3. The van der Waals surface area contributed by atoms with Gasteiger partial charge in [0, 0.05) is 48.6 Å². The maximum atomic E-state index is 15.6. The standard InChI is InChI=1S/C25H27FN4O12/c26-16-12(17(31)19(33)18(32)14(16)9-29-4-6-42-7-5-29)8-27-15-3-1-2-11-13(15)10-30(20(11)34)23(37)21(35)28-22(36)24(38,39)25(23,40)41/h1-3,27,31-33,37-41H,4-10H2,(H,28,35,36). The fourth-order valence-corrected chi connectivity index (χ4v) is 5.17. The van der Waals surface area contributed by atoms with E-state index >= 15 is 4.39 Å². The van der Waals surface area contributed by atoms with Crippen LogP contribution >= 0.6 is 0 Å². The summed E-state index contributed by atoms with van der Waals surface area (Å²) in [7, 11) is 0. The first-order valence-electron chi connectivity index (χ1n) is 12.5. The van der Waals surface area contributed by atoms with Crippen LogP contribution in [0.15, 0.2) is 18.2 Å². The zero-order valence-electron chi connectivity index (χ0n) is 21.7. The van der Waals surface area contributed by atoms with Crippen molar-refractivity contribution in [3.05, 3.63) is 46.3 Å². The number of piperidine rings is 1. The number of amides is 3.